The lowest BCUT2D eigenvalue weighted by atomic mass is 9.86. The summed E-state index contributed by atoms with van der Waals surface area (Å²) in [6, 6.07) is 0.348. The van der Waals surface area contributed by atoms with E-state index < -0.39 is 0 Å². The van der Waals surface area contributed by atoms with E-state index in [9.17, 15) is 9.90 Å². The molecule has 1 aliphatic carbocycles. The summed E-state index contributed by atoms with van der Waals surface area (Å²) in [5, 5.41) is 12.2. The number of rotatable bonds is 6. The number of carbonyl (C=O) groups excluding carboxylic acids is 1. The molecule has 0 saturated heterocycles. The highest BCUT2D eigenvalue weighted by Crippen LogP contribution is 2.26. The monoisotopic (exact) mass is 300 g/mol. The minimum atomic E-state index is -0.232. The number of urea groups is 1. The van der Waals surface area contributed by atoms with E-state index in [2.05, 4.69) is 5.32 Å². The zero-order chi connectivity index (χ0) is 16.0. The molecule has 2 amide bonds. The molecule has 21 heavy (non-hydrogen) atoms. The van der Waals surface area contributed by atoms with Gasteiger partial charge < -0.3 is 20.1 Å². The van der Waals surface area contributed by atoms with Crippen molar-refractivity contribution in [2.45, 2.75) is 70.6 Å². The van der Waals surface area contributed by atoms with Gasteiger partial charge in [-0.3, -0.25) is 0 Å². The van der Waals surface area contributed by atoms with Crippen molar-refractivity contribution in [3.8, 4) is 0 Å². The number of aliphatic hydroxyl groups excluding tert-OH is 1. The van der Waals surface area contributed by atoms with Crippen molar-refractivity contribution in [1.82, 2.24) is 10.2 Å². The fourth-order valence-corrected chi connectivity index (χ4v) is 3.06. The first-order chi connectivity index (χ1) is 9.79. The molecule has 0 aromatic rings. The summed E-state index contributed by atoms with van der Waals surface area (Å²) >= 11 is 0. The maximum Gasteiger partial charge on any atom is 0.317 e. The Morgan fingerprint density at radius 1 is 1.38 bits per heavy atom. The number of carbonyl (C=O) groups is 1. The first-order valence-electron chi connectivity index (χ1n) is 7.98. The van der Waals surface area contributed by atoms with E-state index in [1.54, 1.807) is 7.11 Å². The molecule has 124 valence electrons. The fraction of sp³-hybridized carbons (Fsp3) is 0.938. The van der Waals surface area contributed by atoms with Gasteiger partial charge in [0, 0.05) is 32.8 Å². The second kappa shape index (κ2) is 7.99. The van der Waals surface area contributed by atoms with Gasteiger partial charge in [0.05, 0.1) is 5.60 Å². The third-order valence-corrected chi connectivity index (χ3v) is 4.66. The Balaban J connectivity index is 2.41. The third-order valence-electron chi connectivity index (χ3n) is 4.66. The Morgan fingerprint density at radius 3 is 2.43 bits per heavy atom. The lowest BCUT2D eigenvalue weighted by Gasteiger charge is -2.35. The second-order valence-electron chi connectivity index (χ2n) is 6.99. The molecule has 1 fully saturated rings. The van der Waals surface area contributed by atoms with E-state index >= 15 is 0 Å². The van der Waals surface area contributed by atoms with Crippen LogP contribution in [0.1, 0.15) is 52.9 Å². The second-order valence-corrected chi connectivity index (χ2v) is 6.99. The van der Waals surface area contributed by atoms with Gasteiger partial charge in [-0.1, -0.05) is 0 Å². The number of hydrogen-bond acceptors (Lipinski definition) is 3. The Morgan fingerprint density at radius 2 is 1.95 bits per heavy atom. The summed E-state index contributed by atoms with van der Waals surface area (Å²) < 4.78 is 5.40. The number of methoxy groups -OCH3 is 1. The number of aliphatic hydroxyl groups is 1. The Kier molecular flexibility index (Phi) is 6.94. The zero-order valence-corrected chi connectivity index (χ0v) is 14.2. The molecule has 0 bridgehead atoms. The molecule has 0 aliphatic heterocycles. The number of ether oxygens (including phenoxy) is 1. The molecule has 1 saturated carbocycles. The van der Waals surface area contributed by atoms with E-state index in [1.807, 2.05) is 32.7 Å². The largest absolute Gasteiger partial charge is 0.396 e. The van der Waals surface area contributed by atoms with Crippen LogP contribution in [-0.2, 0) is 4.74 Å². The van der Waals surface area contributed by atoms with E-state index in [-0.39, 0.29) is 30.3 Å². The van der Waals surface area contributed by atoms with E-state index in [0.717, 1.165) is 32.1 Å². The molecule has 0 aromatic heterocycles. The number of nitrogens with zero attached hydrogens (tertiary/aromatic N) is 1. The Hall–Kier alpha value is -0.810. The minimum absolute atomic E-state index is 0.0122. The van der Waals surface area contributed by atoms with Crippen molar-refractivity contribution in [2.24, 2.45) is 5.92 Å². The smallest absolute Gasteiger partial charge is 0.317 e. The van der Waals surface area contributed by atoms with Crippen molar-refractivity contribution < 1.29 is 14.6 Å². The van der Waals surface area contributed by atoms with Crippen LogP contribution in [0.3, 0.4) is 0 Å². The number of hydrogen-bond donors (Lipinski definition) is 2. The van der Waals surface area contributed by atoms with Crippen LogP contribution in [0.5, 0.6) is 0 Å². The SMILES string of the molecule is COC(C)(C)CC(C)NC(=O)N(C)C1CCC(CO)CC1. The van der Waals surface area contributed by atoms with Gasteiger partial charge >= 0.3 is 6.03 Å². The molecule has 0 spiro atoms. The summed E-state index contributed by atoms with van der Waals surface area (Å²) in [6.07, 6.45) is 4.75. The van der Waals surface area contributed by atoms with Crippen LogP contribution in [-0.4, -0.2) is 54.5 Å². The van der Waals surface area contributed by atoms with E-state index in [1.165, 1.54) is 0 Å². The summed E-state index contributed by atoms with van der Waals surface area (Å²) in [6.45, 7) is 6.33. The van der Waals surface area contributed by atoms with Crippen molar-refractivity contribution in [1.29, 1.82) is 0 Å². The van der Waals surface area contributed by atoms with Crippen LogP contribution < -0.4 is 5.32 Å². The van der Waals surface area contributed by atoms with Gasteiger partial charge in [0.1, 0.15) is 0 Å². The van der Waals surface area contributed by atoms with E-state index in [0.29, 0.717) is 5.92 Å². The van der Waals surface area contributed by atoms with Gasteiger partial charge in [0.2, 0.25) is 0 Å². The van der Waals surface area contributed by atoms with Crippen molar-refractivity contribution in [3.63, 3.8) is 0 Å². The average molecular weight is 300 g/mol. The standard InChI is InChI=1S/C16H32N2O3/c1-12(10-16(2,3)21-5)17-15(20)18(4)14-8-6-13(11-19)7-9-14/h12-14,19H,6-11H2,1-5H3,(H,17,20). The molecule has 1 atom stereocenters. The Bertz CT molecular complexity index is 325. The highest BCUT2D eigenvalue weighted by molar-refractivity contribution is 5.74. The topological polar surface area (TPSA) is 61.8 Å². The Labute approximate surface area is 129 Å². The summed E-state index contributed by atoms with van der Waals surface area (Å²) in [5.74, 6) is 0.416. The first kappa shape index (κ1) is 18.2. The van der Waals surface area contributed by atoms with Gasteiger partial charge in [-0.2, -0.15) is 0 Å². The molecule has 1 unspecified atom stereocenters. The highest BCUT2D eigenvalue weighted by atomic mass is 16.5. The van der Waals surface area contributed by atoms with Gasteiger partial charge in [-0.25, -0.2) is 4.79 Å². The zero-order valence-electron chi connectivity index (χ0n) is 14.2. The predicted molar refractivity (Wildman–Crippen MR) is 84.3 cm³/mol. The normalized spacial score (nSPS) is 24.5. The van der Waals surface area contributed by atoms with Crippen LogP contribution in [0.25, 0.3) is 0 Å². The van der Waals surface area contributed by atoms with Crippen LogP contribution in [0, 0.1) is 5.92 Å². The van der Waals surface area contributed by atoms with Gasteiger partial charge in [0.25, 0.3) is 0 Å². The number of nitrogens with one attached hydrogen (secondary N) is 1. The van der Waals surface area contributed by atoms with Crippen molar-refractivity contribution in [3.05, 3.63) is 0 Å². The van der Waals surface area contributed by atoms with Gasteiger partial charge in [0.15, 0.2) is 0 Å². The summed E-state index contributed by atoms with van der Waals surface area (Å²) in [5.41, 5.74) is -0.232. The fourth-order valence-electron chi connectivity index (χ4n) is 3.06. The minimum Gasteiger partial charge on any atom is -0.396 e. The van der Waals surface area contributed by atoms with Crippen LogP contribution >= 0.6 is 0 Å². The van der Waals surface area contributed by atoms with E-state index in [4.69, 9.17) is 4.74 Å². The van der Waals surface area contributed by atoms with Crippen molar-refractivity contribution >= 4 is 6.03 Å². The quantitative estimate of drug-likeness (QED) is 0.791. The molecule has 0 aromatic carbocycles. The van der Waals surface area contributed by atoms with Crippen LogP contribution in [0.15, 0.2) is 0 Å². The lowest BCUT2D eigenvalue weighted by molar-refractivity contribution is 0.00901. The molecule has 0 heterocycles. The maximum atomic E-state index is 12.3. The van der Waals surface area contributed by atoms with Crippen LogP contribution in [0.4, 0.5) is 4.79 Å². The molecule has 0 radical (unpaired) electrons. The predicted octanol–water partition coefficient (Wildman–Crippen LogP) is 2.38. The summed E-state index contributed by atoms with van der Waals surface area (Å²) in [7, 11) is 3.56. The molecular formula is C16H32N2O3. The highest BCUT2D eigenvalue weighted by Gasteiger charge is 2.28. The average Bonchev–Trinajstić information content (AvgIpc) is 2.45. The lowest BCUT2D eigenvalue weighted by Crippen LogP contribution is -2.49. The first-order valence-corrected chi connectivity index (χ1v) is 7.98. The molecule has 1 rings (SSSR count). The molecular weight excluding hydrogens is 268 g/mol. The van der Waals surface area contributed by atoms with Crippen LogP contribution in [0.2, 0.25) is 0 Å². The molecule has 5 heteroatoms. The maximum absolute atomic E-state index is 12.3. The number of amides is 2. The molecule has 1 aliphatic rings. The third kappa shape index (κ3) is 5.83. The van der Waals surface area contributed by atoms with Crippen molar-refractivity contribution in [2.75, 3.05) is 20.8 Å². The summed E-state index contributed by atoms with van der Waals surface area (Å²) in [4.78, 5) is 14.1. The van der Waals surface area contributed by atoms with Gasteiger partial charge in [-0.05, 0) is 58.8 Å². The molecule has 2 N–H and O–H groups in total. The molecule has 5 nitrogen and oxygen atoms in total. The van der Waals surface area contributed by atoms with Gasteiger partial charge in [-0.15, -0.1) is 0 Å².